The van der Waals surface area contributed by atoms with E-state index in [0.717, 1.165) is 29.9 Å². The number of nitrogens with one attached hydrogen (secondary N) is 1. The third-order valence-corrected chi connectivity index (χ3v) is 5.77. The minimum Gasteiger partial charge on any atom is -0.335 e. The summed E-state index contributed by atoms with van der Waals surface area (Å²) >= 11 is 18.6. The number of piperazine rings is 1. The molecule has 1 N–H and O–H groups in total. The van der Waals surface area contributed by atoms with Gasteiger partial charge in [0.05, 0.1) is 16.4 Å². The molecule has 0 atom stereocenters. The first-order valence-electron chi connectivity index (χ1n) is 9.26. The van der Waals surface area contributed by atoms with Gasteiger partial charge in [-0.25, -0.2) is 4.68 Å². The van der Waals surface area contributed by atoms with Crippen LogP contribution in [0.2, 0.25) is 15.1 Å². The molecule has 0 unspecified atom stereocenters. The van der Waals surface area contributed by atoms with Crippen LogP contribution in [-0.4, -0.2) is 46.8 Å². The summed E-state index contributed by atoms with van der Waals surface area (Å²) in [6.07, 6.45) is 0. The Hall–Kier alpha value is -2.05. The number of amides is 1. The number of carbonyl (C=O) groups excluding carboxylic acids is 1. The first-order chi connectivity index (χ1) is 14.0. The molecule has 5 nitrogen and oxygen atoms in total. The van der Waals surface area contributed by atoms with Gasteiger partial charge in [0.1, 0.15) is 0 Å². The fraction of sp³-hybridized carbons (Fsp3) is 0.238. The van der Waals surface area contributed by atoms with Gasteiger partial charge in [0.25, 0.3) is 5.91 Å². The minimum absolute atomic E-state index is 0.0805. The second kappa shape index (κ2) is 8.36. The molecule has 0 bridgehead atoms. The highest BCUT2D eigenvalue weighted by Crippen LogP contribution is 2.33. The number of benzene rings is 2. The van der Waals surface area contributed by atoms with E-state index in [1.54, 1.807) is 22.9 Å². The first kappa shape index (κ1) is 20.2. The summed E-state index contributed by atoms with van der Waals surface area (Å²) in [7, 11) is 0. The molecule has 0 saturated carbocycles. The average molecular weight is 450 g/mol. The number of rotatable bonds is 3. The third-order valence-electron chi connectivity index (χ3n) is 4.98. The third kappa shape index (κ3) is 4.01. The van der Waals surface area contributed by atoms with Gasteiger partial charge >= 0.3 is 0 Å². The van der Waals surface area contributed by atoms with Crippen molar-refractivity contribution in [1.29, 1.82) is 0 Å². The topological polar surface area (TPSA) is 50.2 Å². The van der Waals surface area contributed by atoms with Gasteiger partial charge in [-0.2, -0.15) is 5.10 Å². The van der Waals surface area contributed by atoms with E-state index in [4.69, 9.17) is 34.8 Å². The van der Waals surface area contributed by atoms with E-state index in [1.165, 1.54) is 0 Å². The minimum atomic E-state index is -0.0805. The van der Waals surface area contributed by atoms with Crippen LogP contribution in [0.3, 0.4) is 0 Å². The van der Waals surface area contributed by atoms with Gasteiger partial charge < -0.3 is 10.2 Å². The monoisotopic (exact) mass is 448 g/mol. The molecule has 1 aliphatic rings. The molecule has 1 aliphatic heterocycles. The number of hydrogen-bond acceptors (Lipinski definition) is 3. The highest BCUT2D eigenvalue weighted by Gasteiger charge is 2.27. The Balaban J connectivity index is 1.88. The second-order valence-electron chi connectivity index (χ2n) is 6.88. The van der Waals surface area contributed by atoms with Crippen molar-refractivity contribution in [2.45, 2.75) is 6.92 Å². The Morgan fingerprint density at radius 2 is 1.66 bits per heavy atom. The van der Waals surface area contributed by atoms with Crippen molar-refractivity contribution in [3.05, 3.63) is 68.8 Å². The summed E-state index contributed by atoms with van der Waals surface area (Å²) in [5, 5.41) is 9.58. The van der Waals surface area contributed by atoms with Gasteiger partial charge in [-0.15, -0.1) is 0 Å². The largest absolute Gasteiger partial charge is 0.335 e. The van der Waals surface area contributed by atoms with E-state index in [9.17, 15) is 4.79 Å². The van der Waals surface area contributed by atoms with Crippen LogP contribution in [-0.2, 0) is 0 Å². The van der Waals surface area contributed by atoms with Crippen LogP contribution in [0.1, 0.15) is 16.1 Å². The van der Waals surface area contributed by atoms with Crippen LogP contribution in [0.25, 0.3) is 16.9 Å². The van der Waals surface area contributed by atoms with Crippen LogP contribution in [0.5, 0.6) is 0 Å². The Labute approximate surface area is 184 Å². The average Bonchev–Trinajstić information content (AvgIpc) is 3.05. The van der Waals surface area contributed by atoms with Gasteiger partial charge in [0.2, 0.25) is 0 Å². The number of nitrogens with zero attached hydrogens (tertiary/aromatic N) is 3. The summed E-state index contributed by atoms with van der Waals surface area (Å²) in [4.78, 5) is 15.0. The number of carbonyl (C=O) groups is 1. The van der Waals surface area contributed by atoms with E-state index >= 15 is 0 Å². The second-order valence-corrected chi connectivity index (χ2v) is 8.16. The molecule has 1 saturated heterocycles. The lowest BCUT2D eigenvalue weighted by Crippen LogP contribution is -2.46. The lowest BCUT2D eigenvalue weighted by Gasteiger charge is -2.26. The smallest absolute Gasteiger partial charge is 0.274 e. The molecule has 3 aromatic rings. The van der Waals surface area contributed by atoms with E-state index in [0.29, 0.717) is 39.5 Å². The van der Waals surface area contributed by atoms with Gasteiger partial charge in [-0.1, -0.05) is 46.9 Å². The molecule has 29 heavy (non-hydrogen) atoms. The molecule has 1 aromatic heterocycles. The van der Waals surface area contributed by atoms with Crippen molar-refractivity contribution in [2.75, 3.05) is 26.2 Å². The SMILES string of the molecule is Cc1c(C(=O)N2CCNCC2)nn(-c2ccc(Cl)cc2Cl)c1-c1ccc(Cl)cc1. The normalized spacial score (nSPS) is 14.3. The number of aromatic nitrogens is 2. The summed E-state index contributed by atoms with van der Waals surface area (Å²) in [6.45, 7) is 4.77. The van der Waals surface area contributed by atoms with Crippen molar-refractivity contribution in [3.8, 4) is 16.9 Å². The summed E-state index contributed by atoms with van der Waals surface area (Å²) in [5.74, 6) is -0.0805. The zero-order chi connectivity index (χ0) is 20.5. The van der Waals surface area contributed by atoms with Crippen LogP contribution >= 0.6 is 34.8 Å². The number of halogens is 3. The van der Waals surface area contributed by atoms with Crippen molar-refractivity contribution in [2.24, 2.45) is 0 Å². The van der Waals surface area contributed by atoms with Crippen molar-refractivity contribution < 1.29 is 4.79 Å². The van der Waals surface area contributed by atoms with E-state index in [-0.39, 0.29) is 5.91 Å². The lowest BCUT2D eigenvalue weighted by atomic mass is 10.1. The summed E-state index contributed by atoms with van der Waals surface area (Å²) in [6, 6.07) is 12.7. The maximum absolute atomic E-state index is 13.2. The molecule has 150 valence electrons. The van der Waals surface area contributed by atoms with Crippen molar-refractivity contribution >= 4 is 40.7 Å². The standard InChI is InChI=1S/C21H19Cl3N4O/c1-13-19(21(29)27-10-8-25-9-11-27)26-28(18-7-6-16(23)12-17(18)24)20(13)14-2-4-15(22)5-3-14/h2-7,12,25H,8-11H2,1H3. The molecule has 1 fully saturated rings. The van der Waals surface area contributed by atoms with E-state index in [1.807, 2.05) is 36.1 Å². The van der Waals surface area contributed by atoms with Crippen LogP contribution in [0, 0.1) is 6.92 Å². The molecular formula is C21H19Cl3N4O. The molecule has 0 spiro atoms. The zero-order valence-corrected chi connectivity index (χ0v) is 18.0. The fourth-order valence-electron chi connectivity index (χ4n) is 3.49. The molecule has 2 heterocycles. The van der Waals surface area contributed by atoms with Crippen LogP contribution in [0.4, 0.5) is 0 Å². The summed E-state index contributed by atoms with van der Waals surface area (Å²) < 4.78 is 1.71. The Morgan fingerprint density at radius 3 is 2.31 bits per heavy atom. The maximum atomic E-state index is 13.2. The van der Waals surface area contributed by atoms with Gasteiger partial charge in [0, 0.05) is 47.4 Å². The molecule has 0 aliphatic carbocycles. The highest BCUT2D eigenvalue weighted by atomic mass is 35.5. The van der Waals surface area contributed by atoms with E-state index < -0.39 is 0 Å². The molecular weight excluding hydrogens is 431 g/mol. The Bertz CT molecular complexity index is 1060. The molecule has 0 radical (unpaired) electrons. The van der Waals surface area contributed by atoms with Gasteiger partial charge in [0.15, 0.2) is 5.69 Å². The van der Waals surface area contributed by atoms with Crippen molar-refractivity contribution in [3.63, 3.8) is 0 Å². The quantitative estimate of drug-likeness (QED) is 0.621. The van der Waals surface area contributed by atoms with Crippen LogP contribution in [0.15, 0.2) is 42.5 Å². The molecule has 2 aromatic carbocycles. The Morgan fingerprint density at radius 1 is 1.00 bits per heavy atom. The highest BCUT2D eigenvalue weighted by molar-refractivity contribution is 6.35. The van der Waals surface area contributed by atoms with Gasteiger partial charge in [-0.3, -0.25) is 4.79 Å². The maximum Gasteiger partial charge on any atom is 0.274 e. The predicted octanol–water partition coefficient (Wildman–Crippen LogP) is 4.85. The fourth-order valence-corrected chi connectivity index (χ4v) is 4.11. The van der Waals surface area contributed by atoms with Crippen molar-refractivity contribution in [1.82, 2.24) is 20.0 Å². The predicted molar refractivity (Wildman–Crippen MR) is 118 cm³/mol. The van der Waals surface area contributed by atoms with E-state index in [2.05, 4.69) is 10.4 Å². The lowest BCUT2D eigenvalue weighted by molar-refractivity contribution is 0.0728. The number of hydrogen-bond donors (Lipinski definition) is 1. The molecule has 1 amide bonds. The summed E-state index contributed by atoms with van der Waals surface area (Å²) in [5.41, 5.74) is 3.56. The molecule has 4 rings (SSSR count). The zero-order valence-electron chi connectivity index (χ0n) is 15.8. The van der Waals surface area contributed by atoms with Crippen LogP contribution < -0.4 is 5.32 Å². The first-order valence-corrected chi connectivity index (χ1v) is 10.4. The van der Waals surface area contributed by atoms with Gasteiger partial charge in [-0.05, 0) is 37.3 Å². The molecule has 8 heteroatoms. The Kier molecular flexibility index (Phi) is 5.83.